The first-order valence-electron chi connectivity index (χ1n) is 20.6. The minimum Gasteiger partial charge on any atom is -0.208 e. The van der Waals surface area contributed by atoms with Crippen molar-refractivity contribution in [1.82, 2.24) is 15.0 Å². The van der Waals surface area contributed by atoms with Crippen LogP contribution in [0.4, 0.5) is 0 Å². The molecule has 60 heavy (non-hydrogen) atoms. The van der Waals surface area contributed by atoms with Crippen LogP contribution in [0.2, 0.25) is 0 Å². The van der Waals surface area contributed by atoms with Crippen molar-refractivity contribution in [2.24, 2.45) is 0 Å². The first kappa shape index (κ1) is 36.6. The lowest BCUT2D eigenvalue weighted by Crippen LogP contribution is -2.02. The van der Waals surface area contributed by atoms with Crippen molar-refractivity contribution in [2.45, 2.75) is 12.8 Å². The molecule has 0 N–H and O–H groups in total. The summed E-state index contributed by atoms with van der Waals surface area (Å²) in [6.45, 7) is 0. The van der Waals surface area contributed by atoms with E-state index in [4.69, 9.17) is 15.0 Å². The molecule has 0 fully saturated rings. The maximum atomic E-state index is 5.34. The van der Waals surface area contributed by atoms with Gasteiger partial charge in [-0.25, -0.2) is 15.0 Å². The molecule has 1 aliphatic carbocycles. The average Bonchev–Trinajstić information content (AvgIpc) is 3.35. The smallest absolute Gasteiger partial charge is 0.164 e. The Bertz CT molecular complexity index is 2990. The summed E-state index contributed by atoms with van der Waals surface area (Å²) < 4.78 is 0. The Kier molecular flexibility index (Phi) is 10.1. The second-order valence-corrected chi connectivity index (χ2v) is 15.0. The molecule has 9 aromatic rings. The van der Waals surface area contributed by atoms with E-state index in [2.05, 4.69) is 206 Å². The van der Waals surface area contributed by atoms with E-state index in [1.165, 1.54) is 16.7 Å². The van der Waals surface area contributed by atoms with E-state index in [0.717, 1.165) is 79.6 Å². The number of nitrogens with zero attached hydrogens (tertiary/aromatic N) is 3. The van der Waals surface area contributed by atoms with Crippen molar-refractivity contribution in [3.05, 3.63) is 230 Å². The van der Waals surface area contributed by atoms with Crippen LogP contribution in [0.5, 0.6) is 0 Å². The molecule has 3 nitrogen and oxygen atoms in total. The summed E-state index contributed by atoms with van der Waals surface area (Å²) in [5.41, 5.74) is 16.5. The van der Waals surface area contributed by atoms with Gasteiger partial charge >= 0.3 is 0 Å². The van der Waals surface area contributed by atoms with Crippen LogP contribution in [0.1, 0.15) is 18.4 Å². The average molecular weight is 768 g/mol. The highest BCUT2D eigenvalue weighted by atomic mass is 15.0. The summed E-state index contributed by atoms with van der Waals surface area (Å²) >= 11 is 0. The first-order valence-corrected chi connectivity index (χ1v) is 20.6. The van der Waals surface area contributed by atoms with Gasteiger partial charge in [-0.05, 0) is 91.7 Å². The molecule has 1 heterocycles. The molecular weight excluding hydrogens is 727 g/mol. The fourth-order valence-electron chi connectivity index (χ4n) is 8.36. The fourth-order valence-corrected chi connectivity index (χ4v) is 8.36. The molecule has 1 aromatic heterocycles. The van der Waals surface area contributed by atoms with Gasteiger partial charge in [-0.3, -0.25) is 0 Å². The fraction of sp³-hybridized carbons (Fsp3) is 0.0351. The summed E-state index contributed by atoms with van der Waals surface area (Å²) in [5.74, 6) is 1.88. The quantitative estimate of drug-likeness (QED) is 0.147. The van der Waals surface area contributed by atoms with E-state index in [1.807, 2.05) is 18.2 Å². The van der Waals surface area contributed by atoms with Crippen LogP contribution < -0.4 is 0 Å². The number of aromatic nitrogens is 3. The summed E-state index contributed by atoms with van der Waals surface area (Å²) in [5, 5.41) is 0. The third kappa shape index (κ3) is 7.30. The number of benzene rings is 8. The lowest BCUT2D eigenvalue weighted by Gasteiger charge is -2.25. The Hall–Kier alpha value is -7.75. The Morgan fingerprint density at radius 2 is 0.733 bits per heavy atom. The van der Waals surface area contributed by atoms with Gasteiger partial charge in [0.2, 0.25) is 0 Å². The van der Waals surface area contributed by atoms with Crippen LogP contribution in [0, 0.1) is 0 Å². The van der Waals surface area contributed by atoms with E-state index in [-0.39, 0.29) is 0 Å². The van der Waals surface area contributed by atoms with Crippen molar-refractivity contribution < 1.29 is 0 Å². The largest absolute Gasteiger partial charge is 0.208 e. The highest BCUT2D eigenvalue weighted by Crippen LogP contribution is 2.51. The van der Waals surface area contributed by atoms with Crippen molar-refractivity contribution in [3.63, 3.8) is 0 Å². The Morgan fingerprint density at radius 3 is 1.32 bits per heavy atom. The van der Waals surface area contributed by atoms with Crippen LogP contribution in [-0.4, -0.2) is 15.0 Å². The molecule has 0 saturated carbocycles. The molecule has 0 unspecified atom stereocenters. The SMILES string of the molecule is C1=CC(c2cccc(-c3nc(-c4ccccc4)nc(-c4ccccc4-c4cc(-c5ccccc5)c(-c5ccccc5)c(-c5ccccc5)c4-c4ccccc4)n3)c2)=CCC1. The standard InChI is InChI=1S/C57H41N3/c1-7-22-40(23-8-1)46-34-21-35-47(38-46)56-58-55(45-32-17-6-18-33-45)59-57(60-56)49-37-20-19-36-48(49)51-39-50(41-24-9-2-10-25-41)52(42-26-11-3-12-27-42)54(44-30-15-5-16-31-44)53(51)43-28-13-4-14-29-43/h2-7,9-39H,1,8H2. The van der Waals surface area contributed by atoms with Crippen molar-refractivity contribution in [1.29, 1.82) is 0 Å². The normalized spacial score (nSPS) is 12.2. The lowest BCUT2D eigenvalue weighted by atomic mass is 9.78. The van der Waals surface area contributed by atoms with Gasteiger partial charge in [-0.1, -0.05) is 212 Å². The summed E-state index contributed by atoms with van der Waals surface area (Å²) in [4.78, 5) is 15.8. The van der Waals surface area contributed by atoms with Gasteiger partial charge < -0.3 is 0 Å². The van der Waals surface area contributed by atoms with Gasteiger partial charge in [0.25, 0.3) is 0 Å². The topological polar surface area (TPSA) is 38.7 Å². The number of hydrogen-bond donors (Lipinski definition) is 0. The Labute approximate surface area is 351 Å². The van der Waals surface area contributed by atoms with Gasteiger partial charge in [0.1, 0.15) is 0 Å². The van der Waals surface area contributed by atoms with E-state index >= 15 is 0 Å². The monoisotopic (exact) mass is 767 g/mol. The molecule has 0 bridgehead atoms. The zero-order chi connectivity index (χ0) is 40.1. The molecule has 0 saturated heterocycles. The summed E-state index contributed by atoms with van der Waals surface area (Å²) in [6, 6.07) is 72.9. The van der Waals surface area contributed by atoms with Crippen LogP contribution >= 0.6 is 0 Å². The van der Waals surface area contributed by atoms with Crippen molar-refractivity contribution >= 4 is 5.57 Å². The molecule has 0 aliphatic heterocycles. The number of hydrogen-bond acceptors (Lipinski definition) is 3. The highest BCUT2D eigenvalue weighted by Gasteiger charge is 2.26. The second kappa shape index (κ2) is 16.6. The Balaban J connectivity index is 1.28. The molecule has 284 valence electrons. The van der Waals surface area contributed by atoms with E-state index in [9.17, 15) is 0 Å². The third-order valence-electron chi connectivity index (χ3n) is 11.2. The maximum absolute atomic E-state index is 5.34. The van der Waals surface area contributed by atoms with Gasteiger partial charge in [-0.2, -0.15) is 0 Å². The van der Waals surface area contributed by atoms with Crippen LogP contribution in [0.25, 0.3) is 95.4 Å². The van der Waals surface area contributed by atoms with Gasteiger partial charge in [0, 0.05) is 16.7 Å². The van der Waals surface area contributed by atoms with Crippen molar-refractivity contribution in [3.8, 4) is 89.8 Å². The minimum absolute atomic E-state index is 0.616. The van der Waals surface area contributed by atoms with Crippen LogP contribution in [0.15, 0.2) is 224 Å². The van der Waals surface area contributed by atoms with E-state index in [1.54, 1.807) is 0 Å². The Morgan fingerprint density at radius 1 is 0.283 bits per heavy atom. The van der Waals surface area contributed by atoms with Gasteiger partial charge in [0.05, 0.1) is 0 Å². The molecule has 3 heteroatoms. The highest BCUT2D eigenvalue weighted by molar-refractivity contribution is 6.08. The second-order valence-electron chi connectivity index (χ2n) is 15.0. The predicted octanol–water partition coefficient (Wildman–Crippen LogP) is 14.9. The lowest BCUT2D eigenvalue weighted by molar-refractivity contribution is 1.04. The maximum Gasteiger partial charge on any atom is 0.164 e. The van der Waals surface area contributed by atoms with Crippen LogP contribution in [-0.2, 0) is 0 Å². The minimum atomic E-state index is 0.616. The molecule has 0 atom stereocenters. The molecule has 0 spiro atoms. The molecular formula is C57H41N3. The van der Waals surface area contributed by atoms with Crippen LogP contribution in [0.3, 0.4) is 0 Å². The first-order chi connectivity index (χ1) is 29.8. The molecule has 1 aliphatic rings. The molecule has 10 rings (SSSR count). The van der Waals surface area contributed by atoms with Gasteiger partial charge in [-0.15, -0.1) is 0 Å². The van der Waals surface area contributed by atoms with Gasteiger partial charge in [0.15, 0.2) is 17.5 Å². The zero-order valence-electron chi connectivity index (χ0n) is 33.1. The summed E-state index contributed by atoms with van der Waals surface area (Å²) in [6.07, 6.45) is 8.88. The van der Waals surface area contributed by atoms with Crippen molar-refractivity contribution in [2.75, 3.05) is 0 Å². The predicted molar refractivity (Wildman–Crippen MR) is 250 cm³/mol. The van der Waals surface area contributed by atoms with E-state index in [0.29, 0.717) is 17.5 Å². The number of rotatable bonds is 9. The summed E-state index contributed by atoms with van der Waals surface area (Å²) in [7, 11) is 0. The molecule has 0 amide bonds. The third-order valence-corrected chi connectivity index (χ3v) is 11.2. The zero-order valence-corrected chi connectivity index (χ0v) is 33.1. The molecule has 0 radical (unpaired) electrons. The molecule has 8 aromatic carbocycles. The van der Waals surface area contributed by atoms with E-state index < -0.39 is 0 Å². The number of allylic oxidation sites excluding steroid dienone is 4.